The van der Waals surface area contributed by atoms with Crippen LogP contribution in [-0.4, -0.2) is 30.6 Å². The molecule has 0 aliphatic rings. The van der Waals surface area contributed by atoms with Crippen LogP contribution in [0.2, 0.25) is 0 Å². The van der Waals surface area contributed by atoms with Gasteiger partial charge in [-0.05, 0) is 12.0 Å². The van der Waals surface area contributed by atoms with E-state index in [1.165, 1.54) is 7.11 Å². The maximum Gasteiger partial charge on any atom is 0.308 e. The van der Waals surface area contributed by atoms with Gasteiger partial charge in [-0.2, -0.15) is 4.39 Å². The Kier molecular flexibility index (Phi) is 5.71. The number of carbonyl (C=O) groups is 1. The van der Waals surface area contributed by atoms with E-state index in [9.17, 15) is 23.7 Å². The third-order valence-corrected chi connectivity index (χ3v) is 2.93. The van der Waals surface area contributed by atoms with Crippen molar-refractivity contribution in [1.82, 2.24) is 5.32 Å². The zero-order valence-electron chi connectivity index (χ0n) is 11.9. The highest BCUT2D eigenvalue weighted by molar-refractivity contribution is 5.95. The second-order valence-electron chi connectivity index (χ2n) is 4.82. The zero-order valence-corrected chi connectivity index (χ0v) is 11.9. The number of hydrogen-bond donors (Lipinski definition) is 1. The number of nitrogens with zero attached hydrogens (tertiary/aromatic N) is 1. The Balaban J connectivity index is 3.10. The van der Waals surface area contributed by atoms with E-state index in [0.717, 1.165) is 0 Å². The zero-order chi connectivity index (χ0) is 16.2. The molecule has 1 amide bonds. The normalized spacial score (nSPS) is 12.3. The van der Waals surface area contributed by atoms with Crippen LogP contribution < -0.4 is 5.32 Å². The molecule has 0 bridgehead atoms. The molecule has 1 N–H and O–H groups in total. The molecule has 6 nitrogen and oxygen atoms in total. The van der Waals surface area contributed by atoms with Gasteiger partial charge in [0.25, 0.3) is 5.91 Å². The number of rotatable bonds is 6. The van der Waals surface area contributed by atoms with Crippen molar-refractivity contribution in [3.8, 4) is 0 Å². The number of halogens is 2. The molecule has 116 valence electrons. The van der Waals surface area contributed by atoms with Crippen LogP contribution in [0.5, 0.6) is 0 Å². The van der Waals surface area contributed by atoms with Crippen LogP contribution in [0.1, 0.15) is 24.2 Å². The molecular weight excluding hydrogens is 286 g/mol. The van der Waals surface area contributed by atoms with Crippen molar-refractivity contribution < 1.29 is 23.2 Å². The largest absolute Gasteiger partial charge is 0.383 e. The van der Waals surface area contributed by atoms with Crippen molar-refractivity contribution in [2.75, 3.05) is 13.7 Å². The Morgan fingerprint density at radius 3 is 2.52 bits per heavy atom. The Bertz CT molecular complexity index is 549. The van der Waals surface area contributed by atoms with Gasteiger partial charge in [0, 0.05) is 7.11 Å². The standard InChI is InChI=1S/C13H16F2N2O4/c1-7(2)10(6-21-3)16-13(18)9-4-8(14)5-11(12(9)15)17(19)20/h4-5,7,10H,6H2,1-3H3,(H,16,18). The average molecular weight is 302 g/mol. The topological polar surface area (TPSA) is 81.5 Å². The summed E-state index contributed by atoms with van der Waals surface area (Å²) in [5, 5.41) is 13.1. The predicted molar refractivity (Wildman–Crippen MR) is 71.0 cm³/mol. The van der Waals surface area contributed by atoms with Gasteiger partial charge in [-0.25, -0.2) is 4.39 Å². The van der Waals surface area contributed by atoms with E-state index in [1.54, 1.807) is 0 Å². The lowest BCUT2D eigenvalue weighted by Gasteiger charge is -2.21. The molecule has 1 aromatic rings. The molecule has 0 aliphatic carbocycles. The number of ether oxygens (including phenoxy) is 1. The maximum absolute atomic E-state index is 13.9. The minimum atomic E-state index is -1.36. The lowest BCUT2D eigenvalue weighted by atomic mass is 10.0. The Hall–Kier alpha value is -2.09. The van der Waals surface area contributed by atoms with Crippen LogP contribution in [0.3, 0.4) is 0 Å². The quantitative estimate of drug-likeness (QED) is 0.645. The molecule has 0 saturated heterocycles. The number of benzene rings is 1. The van der Waals surface area contributed by atoms with Crippen LogP contribution >= 0.6 is 0 Å². The number of nitrogens with one attached hydrogen (secondary N) is 1. The molecule has 0 saturated carbocycles. The number of nitro groups is 1. The number of carbonyl (C=O) groups excluding carboxylic acids is 1. The summed E-state index contributed by atoms with van der Waals surface area (Å²) in [5.41, 5.74) is -1.78. The molecule has 1 unspecified atom stereocenters. The molecule has 1 rings (SSSR count). The molecule has 0 aromatic heterocycles. The fourth-order valence-electron chi connectivity index (χ4n) is 1.70. The first-order chi connectivity index (χ1) is 9.77. The van der Waals surface area contributed by atoms with Gasteiger partial charge < -0.3 is 10.1 Å². The minimum absolute atomic E-state index is 0.0134. The molecule has 0 fully saturated rings. The predicted octanol–water partition coefficient (Wildman–Crippen LogP) is 2.27. The van der Waals surface area contributed by atoms with E-state index in [2.05, 4.69) is 5.32 Å². The first-order valence-corrected chi connectivity index (χ1v) is 6.21. The second-order valence-corrected chi connectivity index (χ2v) is 4.82. The molecular formula is C13H16F2N2O4. The van der Waals surface area contributed by atoms with E-state index in [-0.39, 0.29) is 12.5 Å². The Morgan fingerprint density at radius 2 is 2.05 bits per heavy atom. The molecule has 8 heteroatoms. The summed E-state index contributed by atoms with van der Waals surface area (Å²) in [6, 6.07) is 0.632. The van der Waals surface area contributed by atoms with Crippen molar-refractivity contribution in [3.63, 3.8) is 0 Å². The van der Waals surface area contributed by atoms with Crippen LogP contribution in [0.25, 0.3) is 0 Å². The van der Waals surface area contributed by atoms with Gasteiger partial charge in [0.2, 0.25) is 5.82 Å². The summed E-state index contributed by atoms with van der Waals surface area (Å²) >= 11 is 0. The van der Waals surface area contributed by atoms with E-state index < -0.39 is 39.8 Å². The van der Waals surface area contributed by atoms with Crippen LogP contribution in [0.15, 0.2) is 12.1 Å². The Labute approximate surface area is 120 Å². The third-order valence-electron chi connectivity index (χ3n) is 2.93. The van der Waals surface area contributed by atoms with Crippen LogP contribution in [-0.2, 0) is 4.74 Å². The van der Waals surface area contributed by atoms with Crippen molar-refractivity contribution in [1.29, 1.82) is 0 Å². The van der Waals surface area contributed by atoms with Gasteiger partial charge in [-0.15, -0.1) is 0 Å². The molecule has 21 heavy (non-hydrogen) atoms. The maximum atomic E-state index is 13.9. The number of methoxy groups -OCH3 is 1. The summed E-state index contributed by atoms with van der Waals surface area (Å²) in [7, 11) is 1.44. The fraction of sp³-hybridized carbons (Fsp3) is 0.462. The molecule has 1 atom stereocenters. The number of hydrogen-bond acceptors (Lipinski definition) is 4. The van der Waals surface area contributed by atoms with E-state index in [0.29, 0.717) is 12.1 Å². The molecule has 0 spiro atoms. The summed E-state index contributed by atoms with van der Waals surface area (Å²) in [4.78, 5) is 21.5. The van der Waals surface area contributed by atoms with Gasteiger partial charge >= 0.3 is 5.69 Å². The molecule has 0 aliphatic heterocycles. The molecule has 0 radical (unpaired) electrons. The van der Waals surface area contributed by atoms with E-state index in [4.69, 9.17) is 4.74 Å². The summed E-state index contributed by atoms with van der Waals surface area (Å²) in [6.07, 6.45) is 0. The lowest BCUT2D eigenvalue weighted by molar-refractivity contribution is -0.387. The Morgan fingerprint density at radius 1 is 1.43 bits per heavy atom. The second kappa shape index (κ2) is 7.07. The highest BCUT2D eigenvalue weighted by Crippen LogP contribution is 2.22. The monoisotopic (exact) mass is 302 g/mol. The number of nitro benzene ring substituents is 1. The third kappa shape index (κ3) is 4.19. The van der Waals surface area contributed by atoms with Crippen molar-refractivity contribution in [2.45, 2.75) is 19.9 Å². The van der Waals surface area contributed by atoms with Crippen LogP contribution in [0, 0.1) is 27.7 Å². The van der Waals surface area contributed by atoms with Crippen LogP contribution in [0.4, 0.5) is 14.5 Å². The average Bonchev–Trinajstić information content (AvgIpc) is 2.39. The summed E-state index contributed by atoms with van der Waals surface area (Å²) < 4.78 is 32.1. The highest BCUT2D eigenvalue weighted by atomic mass is 19.1. The van der Waals surface area contributed by atoms with Gasteiger partial charge in [-0.3, -0.25) is 14.9 Å². The van der Waals surface area contributed by atoms with E-state index in [1.807, 2.05) is 13.8 Å². The minimum Gasteiger partial charge on any atom is -0.383 e. The lowest BCUT2D eigenvalue weighted by Crippen LogP contribution is -2.42. The van der Waals surface area contributed by atoms with Crippen molar-refractivity contribution in [2.24, 2.45) is 5.92 Å². The highest BCUT2D eigenvalue weighted by Gasteiger charge is 2.26. The smallest absolute Gasteiger partial charge is 0.308 e. The first kappa shape index (κ1) is 17.0. The van der Waals surface area contributed by atoms with Gasteiger partial charge in [-0.1, -0.05) is 13.8 Å². The fourth-order valence-corrected chi connectivity index (χ4v) is 1.70. The van der Waals surface area contributed by atoms with Crippen molar-refractivity contribution in [3.05, 3.63) is 39.4 Å². The SMILES string of the molecule is COCC(NC(=O)c1cc(F)cc([N+](=O)[O-])c1F)C(C)C. The van der Waals surface area contributed by atoms with E-state index >= 15 is 0 Å². The van der Waals surface area contributed by atoms with Crippen molar-refractivity contribution >= 4 is 11.6 Å². The van der Waals surface area contributed by atoms with Gasteiger partial charge in [0.1, 0.15) is 5.82 Å². The summed E-state index contributed by atoms with van der Waals surface area (Å²) in [5.74, 6) is -3.36. The molecule has 0 heterocycles. The number of amides is 1. The van der Waals surface area contributed by atoms with Gasteiger partial charge in [0.05, 0.1) is 29.2 Å². The molecule has 1 aromatic carbocycles. The summed E-state index contributed by atoms with van der Waals surface area (Å²) in [6.45, 7) is 3.81. The first-order valence-electron chi connectivity index (χ1n) is 6.21. The van der Waals surface area contributed by atoms with Gasteiger partial charge in [0.15, 0.2) is 0 Å².